The van der Waals surface area contributed by atoms with Crippen LogP contribution in [-0.2, 0) is 30.5 Å². The summed E-state index contributed by atoms with van der Waals surface area (Å²) in [7, 11) is 0. The molecule has 158 valence electrons. The third-order valence-electron chi connectivity index (χ3n) is 5.08. The van der Waals surface area contributed by atoms with Crippen LogP contribution >= 0.6 is 11.6 Å². The monoisotopic (exact) mass is 438 g/mol. The quantitative estimate of drug-likeness (QED) is 0.665. The molecule has 0 saturated carbocycles. The van der Waals surface area contributed by atoms with Gasteiger partial charge < -0.3 is 14.5 Å². The first-order valence-electron chi connectivity index (χ1n) is 9.48. The molecule has 3 heterocycles. The van der Waals surface area contributed by atoms with Crippen LogP contribution in [0.2, 0.25) is 5.02 Å². The van der Waals surface area contributed by atoms with Crippen molar-refractivity contribution >= 4 is 34.2 Å². The highest BCUT2D eigenvalue weighted by atomic mass is 35.5. The number of alkyl halides is 3. The zero-order chi connectivity index (χ0) is 21.5. The fourth-order valence-corrected chi connectivity index (χ4v) is 3.88. The van der Waals surface area contributed by atoms with Gasteiger partial charge in [0.2, 0.25) is 5.91 Å². The molecule has 6 nitrogen and oxygen atoms in total. The molecular formula is C20H18ClF3N4O2. The lowest BCUT2D eigenvalue weighted by Gasteiger charge is -2.12. The minimum Gasteiger partial charge on any atom is -0.328 e. The zero-order valence-corrected chi connectivity index (χ0v) is 16.6. The summed E-state index contributed by atoms with van der Waals surface area (Å²) < 4.78 is 41.7. The van der Waals surface area contributed by atoms with Gasteiger partial charge in [0, 0.05) is 24.8 Å². The summed E-state index contributed by atoms with van der Waals surface area (Å²) in [6, 6.07) is 5.84. The largest absolute Gasteiger partial charge is 0.417 e. The van der Waals surface area contributed by atoms with E-state index >= 15 is 0 Å². The Kier molecular flexibility index (Phi) is 5.31. The number of halogens is 4. The minimum absolute atomic E-state index is 0.451. The van der Waals surface area contributed by atoms with Gasteiger partial charge in [0.25, 0.3) is 5.56 Å². The molecule has 0 aliphatic carbocycles. The van der Waals surface area contributed by atoms with Crippen molar-refractivity contribution in [1.82, 2.24) is 14.1 Å². The van der Waals surface area contributed by atoms with Crippen LogP contribution in [0.25, 0.3) is 11.0 Å². The van der Waals surface area contributed by atoms with Crippen LogP contribution in [0, 0.1) is 0 Å². The number of nitrogens with one attached hydrogen (secondary N) is 1. The Bertz CT molecular complexity index is 1180. The fourth-order valence-electron chi connectivity index (χ4n) is 3.65. The molecule has 1 aromatic carbocycles. The van der Waals surface area contributed by atoms with E-state index in [1.165, 1.54) is 0 Å². The first-order chi connectivity index (χ1) is 14.2. The van der Waals surface area contributed by atoms with Crippen molar-refractivity contribution in [2.24, 2.45) is 0 Å². The number of hydrogen-bond acceptors (Lipinski definition) is 3. The van der Waals surface area contributed by atoms with Crippen LogP contribution in [0.3, 0.4) is 0 Å². The molecule has 4 rings (SSSR count). The summed E-state index contributed by atoms with van der Waals surface area (Å²) in [5.41, 5.74) is 0.204. The topological polar surface area (TPSA) is 68.9 Å². The van der Waals surface area contributed by atoms with E-state index in [1.54, 1.807) is 12.1 Å². The van der Waals surface area contributed by atoms with Crippen molar-refractivity contribution in [3.8, 4) is 0 Å². The van der Waals surface area contributed by atoms with E-state index in [4.69, 9.17) is 11.6 Å². The molecule has 1 N–H and O–H groups in total. The third-order valence-corrected chi connectivity index (χ3v) is 5.35. The predicted molar refractivity (Wildman–Crippen MR) is 107 cm³/mol. The van der Waals surface area contributed by atoms with Crippen LogP contribution in [0.4, 0.5) is 18.9 Å². The van der Waals surface area contributed by atoms with E-state index in [9.17, 15) is 22.8 Å². The van der Waals surface area contributed by atoms with Crippen molar-refractivity contribution < 1.29 is 18.0 Å². The number of carbonyl (C=O) groups is 1. The van der Waals surface area contributed by atoms with E-state index in [0.717, 1.165) is 49.1 Å². The second kappa shape index (κ2) is 7.79. The van der Waals surface area contributed by atoms with Gasteiger partial charge in [-0.1, -0.05) is 18.0 Å². The molecule has 30 heavy (non-hydrogen) atoms. The van der Waals surface area contributed by atoms with Gasteiger partial charge in [-0.05, 0) is 37.1 Å². The number of amides is 1. The molecule has 3 aromatic rings. The molecule has 0 saturated heterocycles. The van der Waals surface area contributed by atoms with Crippen LogP contribution in [-0.4, -0.2) is 20.0 Å². The first kappa shape index (κ1) is 20.5. The number of aromatic nitrogens is 3. The van der Waals surface area contributed by atoms with Crippen molar-refractivity contribution in [3.63, 3.8) is 0 Å². The maximum atomic E-state index is 13.0. The van der Waals surface area contributed by atoms with Crippen molar-refractivity contribution in [2.45, 2.75) is 44.9 Å². The second-order valence-corrected chi connectivity index (χ2v) is 7.66. The molecular weight excluding hydrogens is 421 g/mol. The lowest BCUT2D eigenvalue weighted by molar-refractivity contribution is -0.138. The number of aryl methyl sites for hydroxylation is 2. The lowest BCUT2D eigenvalue weighted by Crippen LogP contribution is -2.29. The van der Waals surface area contributed by atoms with E-state index in [-0.39, 0.29) is 0 Å². The number of carbonyl (C=O) groups excluding carboxylic acids is 1. The smallest absolute Gasteiger partial charge is 0.328 e. The number of benzene rings is 1. The number of anilines is 1. The Balaban J connectivity index is 1.55. The molecule has 0 fully saturated rings. The SMILES string of the molecule is O=C(Cn1cc(C(F)(F)F)cc(Cl)c1=O)Nc1ccc2c(c1)nc1n2CCCCC1. The molecule has 1 aliphatic rings. The van der Waals surface area contributed by atoms with Gasteiger partial charge in [-0.3, -0.25) is 9.59 Å². The standard InChI is InChI=1S/C20H18ClF3N4O2/c21-14-8-12(20(22,23)24)10-27(19(14)30)11-18(29)25-13-5-6-16-15(9-13)26-17-4-2-1-3-7-28(16)17/h5-6,8-10H,1-4,7,11H2,(H,25,29). The highest BCUT2D eigenvalue weighted by Gasteiger charge is 2.32. The molecule has 0 bridgehead atoms. The number of pyridine rings is 1. The zero-order valence-electron chi connectivity index (χ0n) is 15.8. The van der Waals surface area contributed by atoms with E-state index in [2.05, 4.69) is 14.9 Å². The molecule has 0 spiro atoms. The van der Waals surface area contributed by atoms with E-state index in [1.807, 2.05) is 6.07 Å². The second-order valence-electron chi connectivity index (χ2n) is 7.25. The van der Waals surface area contributed by atoms with Crippen molar-refractivity contribution in [2.75, 3.05) is 5.32 Å². The summed E-state index contributed by atoms with van der Waals surface area (Å²) >= 11 is 5.62. The number of imidazole rings is 1. The molecule has 1 amide bonds. The summed E-state index contributed by atoms with van der Waals surface area (Å²) in [6.45, 7) is 0.303. The average Bonchev–Trinajstić information content (AvgIpc) is 2.84. The first-order valence-corrected chi connectivity index (χ1v) is 9.86. The van der Waals surface area contributed by atoms with Crippen molar-refractivity contribution in [3.05, 3.63) is 57.2 Å². The number of hydrogen-bond donors (Lipinski definition) is 1. The van der Waals surface area contributed by atoms with Crippen LogP contribution in [0.15, 0.2) is 35.3 Å². The Morgan fingerprint density at radius 2 is 2.00 bits per heavy atom. The van der Waals surface area contributed by atoms with Gasteiger partial charge in [0.05, 0.1) is 16.6 Å². The van der Waals surface area contributed by atoms with Gasteiger partial charge in [-0.15, -0.1) is 0 Å². The molecule has 0 radical (unpaired) electrons. The Morgan fingerprint density at radius 3 is 2.77 bits per heavy atom. The Hall–Kier alpha value is -2.81. The third kappa shape index (κ3) is 4.07. The molecule has 2 aromatic heterocycles. The molecule has 0 atom stereocenters. The summed E-state index contributed by atoms with van der Waals surface area (Å²) in [5.74, 6) is 0.365. The lowest BCUT2D eigenvalue weighted by atomic mass is 10.2. The summed E-state index contributed by atoms with van der Waals surface area (Å²) in [4.78, 5) is 29.0. The number of fused-ring (bicyclic) bond motifs is 3. The van der Waals surface area contributed by atoms with Gasteiger partial charge in [-0.25, -0.2) is 4.98 Å². The maximum Gasteiger partial charge on any atom is 0.417 e. The van der Waals surface area contributed by atoms with Crippen LogP contribution in [0.1, 0.15) is 30.7 Å². The highest BCUT2D eigenvalue weighted by molar-refractivity contribution is 6.30. The molecule has 1 aliphatic heterocycles. The summed E-state index contributed by atoms with van der Waals surface area (Å²) in [5, 5.41) is 2.01. The van der Waals surface area contributed by atoms with E-state index < -0.39 is 34.8 Å². The fraction of sp³-hybridized carbons (Fsp3) is 0.350. The normalized spacial score (nSPS) is 14.4. The van der Waals surface area contributed by atoms with Gasteiger partial charge in [-0.2, -0.15) is 13.2 Å². The number of rotatable bonds is 3. The highest BCUT2D eigenvalue weighted by Crippen LogP contribution is 2.29. The summed E-state index contributed by atoms with van der Waals surface area (Å²) in [6.07, 6.45) is 0.142. The Labute approximate surface area is 174 Å². The predicted octanol–water partition coefficient (Wildman–Crippen LogP) is 4.24. The number of nitrogens with zero attached hydrogens (tertiary/aromatic N) is 3. The van der Waals surface area contributed by atoms with Crippen molar-refractivity contribution in [1.29, 1.82) is 0 Å². The van der Waals surface area contributed by atoms with Gasteiger partial charge in [0.15, 0.2) is 0 Å². The average molecular weight is 439 g/mol. The minimum atomic E-state index is -4.68. The van der Waals surface area contributed by atoms with Crippen LogP contribution < -0.4 is 10.9 Å². The van der Waals surface area contributed by atoms with Gasteiger partial charge in [0.1, 0.15) is 17.4 Å². The van der Waals surface area contributed by atoms with Crippen LogP contribution in [0.5, 0.6) is 0 Å². The van der Waals surface area contributed by atoms with Gasteiger partial charge >= 0.3 is 6.18 Å². The van der Waals surface area contributed by atoms with E-state index in [0.29, 0.717) is 22.5 Å². The molecule has 10 heteroatoms. The molecule has 0 unspecified atom stereocenters. The maximum absolute atomic E-state index is 13.0. The Morgan fingerprint density at radius 1 is 1.20 bits per heavy atom.